The number of halogens is 2. The lowest BCUT2D eigenvalue weighted by Crippen LogP contribution is -2.05. The molecule has 0 amide bonds. The molecule has 2 nitrogen and oxygen atoms in total. The topological polar surface area (TPSA) is 35.9 Å². The second-order valence-electron chi connectivity index (χ2n) is 3.67. The quantitative estimate of drug-likeness (QED) is 0.456. The molecule has 0 unspecified atom stereocenters. The number of rotatable bonds is 2. The van der Waals surface area contributed by atoms with Crippen molar-refractivity contribution in [3.05, 3.63) is 28.8 Å². The van der Waals surface area contributed by atoms with Gasteiger partial charge in [-0.05, 0) is 42.7 Å². The van der Waals surface area contributed by atoms with Crippen LogP contribution in [0.3, 0.4) is 0 Å². The standard InChI is InChI=1S/C11H13ClN2S.HI/c1-15-11(13)14-10-5-4-8(6-9(10)12)7-2-3-7;/h4-7H,2-3H2,1H3,(H2,13,14);1H. The summed E-state index contributed by atoms with van der Waals surface area (Å²) in [5, 5.41) is 11.6. The van der Waals surface area contributed by atoms with E-state index in [0.717, 1.165) is 11.6 Å². The van der Waals surface area contributed by atoms with Crippen molar-refractivity contribution in [2.75, 3.05) is 11.6 Å². The van der Waals surface area contributed by atoms with Gasteiger partial charge in [0.1, 0.15) is 0 Å². The van der Waals surface area contributed by atoms with Gasteiger partial charge in [-0.1, -0.05) is 29.4 Å². The maximum absolute atomic E-state index is 7.52. The Morgan fingerprint density at radius 3 is 2.69 bits per heavy atom. The Morgan fingerprint density at radius 1 is 1.50 bits per heavy atom. The fraction of sp³-hybridized carbons (Fsp3) is 0.364. The molecule has 2 N–H and O–H groups in total. The molecule has 0 aromatic heterocycles. The van der Waals surface area contributed by atoms with E-state index in [1.807, 2.05) is 18.4 Å². The SMILES string of the molecule is CSC(=N)Nc1ccc(C2CC2)cc1Cl.I. The van der Waals surface area contributed by atoms with Gasteiger partial charge < -0.3 is 5.32 Å². The number of anilines is 1. The zero-order valence-corrected chi connectivity index (χ0v) is 12.8. The van der Waals surface area contributed by atoms with Crippen LogP contribution in [0.1, 0.15) is 24.3 Å². The highest BCUT2D eigenvalue weighted by atomic mass is 127. The molecule has 0 radical (unpaired) electrons. The summed E-state index contributed by atoms with van der Waals surface area (Å²) in [6.07, 6.45) is 4.43. The summed E-state index contributed by atoms with van der Waals surface area (Å²) < 4.78 is 0. The molecule has 1 aromatic carbocycles. The van der Waals surface area contributed by atoms with Gasteiger partial charge in [-0.2, -0.15) is 0 Å². The fourth-order valence-electron chi connectivity index (χ4n) is 1.48. The zero-order valence-electron chi connectivity index (χ0n) is 8.92. The van der Waals surface area contributed by atoms with Gasteiger partial charge in [0, 0.05) is 0 Å². The Bertz CT molecular complexity index is 394. The summed E-state index contributed by atoms with van der Waals surface area (Å²) in [5.74, 6) is 0.719. The third-order valence-electron chi connectivity index (χ3n) is 2.49. The van der Waals surface area contributed by atoms with E-state index in [9.17, 15) is 0 Å². The molecule has 1 aliphatic rings. The minimum atomic E-state index is 0. The van der Waals surface area contributed by atoms with Gasteiger partial charge in [0.2, 0.25) is 0 Å². The summed E-state index contributed by atoms with van der Waals surface area (Å²) in [5.41, 5.74) is 2.14. The molecule has 0 aliphatic heterocycles. The largest absolute Gasteiger partial charge is 0.334 e. The Morgan fingerprint density at radius 2 is 2.19 bits per heavy atom. The summed E-state index contributed by atoms with van der Waals surface area (Å²) in [6, 6.07) is 6.06. The first-order valence-corrected chi connectivity index (χ1v) is 6.50. The van der Waals surface area contributed by atoms with Crippen molar-refractivity contribution in [3.8, 4) is 0 Å². The van der Waals surface area contributed by atoms with E-state index in [-0.39, 0.29) is 24.0 Å². The molecule has 1 aliphatic carbocycles. The lowest BCUT2D eigenvalue weighted by molar-refractivity contribution is 1.13. The summed E-state index contributed by atoms with van der Waals surface area (Å²) in [6.45, 7) is 0. The molecule has 5 heteroatoms. The van der Waals surface area contributed by atoms with Gasteiger partial charge in [0.25, 0.3) is 0 Å². The van der Waals surface area contributed by atoms with Gasteiger partial charge in [0.05, 0.1) is 10.7 Å². The highest BCUT2D eigenvalue weighted by Crippen LogP contribution is 2.41. The molecule has 16 heavy (non-hydrogen) atoms. The molecule has 0 atom stereocenters. The van der Waals surface area contributed by atoms with E-state index >= 15 is 0 Å². The molecule has 1 saturated carbocycles. The van der Waals surface area contributed by atoms with E-state index in [1.165, 1.54) is 30.2 Å². The number of nitrogens with one attached hydrogen (secondary N) is 2. The third kappa shape index (κ3) is 3.53. The van der Waals surface area contributed by atoms with Crippen LogP contribution < -0.4 is 5.32 Å². The van der Waals surface area contributed by atoms with Crippen LogP contribution in [0.25, 0.3) is 0 Å². The van der Waals surface area contributed by atoms with Crippen LogP contribution in [-0.4, -0.2) is 11.4 Å². The van der Waals surface area contributed by atoms with Gasteiger partial charge >= 0.3 is 0 Å². The van der Waals surface area contributed by atoms with Crippen LogP contribution >= 0.6 is 47.3 Å². The average molecular weight is 369 g/mol. The molecule has 0 spiro atoms. The maximum Gasteiger partial charge on any atom is 0.157 e. The van der Waals surface area contributed by atoms with E-state index in [4.69, 9.17) is 17.0 Å². The molecule has 1 aromatic rings. The predicted molar refractivity (Wildman–Crippen MR) is 83.7 cm³/mol. The molecule has 2 rings (SSSR count). The third-order valence-corrected chi connectivity index (χ3v) is 3.32. The van der Waals surface area contributed by atoms with Crippen molar-refractivity contribution in [2.45, 2.75) is 18.8 Å². The second-order valence-corrected chi connectivity index (χ2v) is 4.90. The second kappa shape index (κ2) is 6.12. The average Bonchev–Trinajstić information content (AvgIpc) is 3.04. The van der Waals surface area contributed by atoms with Crippen LogP contribution in [-0.2, 0) is 0 Å². The predicted octanol–water partition coefficient (Wildman–Crippen LogP) is 4.55. The molecular formula is C11H14ClIN2S. The first kappa shape index (κ1) is 14.1. The fourth-order valence-corrected chi connectivity index (χ4v) is 1.92. The van der Waals surface area contributed by atoms with Crippen LogP contribution in [0, 0.1) is 5.41 Å². The van der Waals surface area contributed by atoms with Gasteiger partial charge in [-0.3, -0.25) is 5.41 Å². The molecule has 1 fully saturated rings. The van der Waals surface area contributed by atoms with Gasteiger partial charge in [0.15, 0.2) is 5.17 Å². The lowest BCUT2D eigenvalue weighted by atomic mass is 10.1. The molecule has 88 valence electrons. The van der Waals surface area contributed by atoms with Crippen LogP contribution in [0.2, 0.25) is 5.02 Å². The van der Waals surface area contributed by atoms with Crippen molar-refractivity contribution < 1.29 is 0 Å². The van der Waals surface area contributed by atoms with E-state index in [1.54, 1.807) is 0 Å². The smallest absolute Gasteiger partial charge is 0.157 e. The normalized spacial score (nSPS) is 14.1. The van der Waals surface area contributed by atoms with Crippen LogP contribution in [0.4, 0.5) is 5.69 Å². The highest BCUT2D eigenvalue weighted by Gasteiger charge is 2.23. The summed E-state index contributed by atoms with van der Waals surface area (Å²) >= 11 is 7.50. The van der Waals surface area contributed by atoms with E-state index in [0.29, 0.717) is 10.2 Å². The number of hydrogen-bond acceptors (Lipinski definition) is 2. The first-order chi connectivity index (χ1) is 7.20. The van der Waals surface area contributed by atoms with Crippen molar-refractivity contribution in [1.29, 1.82) is 5.41 Å². The Hall–Kier alpha value is 0.0600. The van der Waals surface area contributed by atoms with Crippen molar-refractivity contribution >= 4 is 58.2 Å². The Kier molecular flexibility index (Phi) is 5.40. The van der Waals surface area contributed by atoms with Gasteiger partial charge in [-0.25, -0.2) is 0 Å². The summed E-state index contributed by atoms with van der Waals surface area (Å²) in [7, 11) is 0. The number of hydrogen-bond donors (Lipinski definition) is 2. The first-order valence-electron chi connectivity index (χ1n) is 4.89. The lowest BCUT2D eigenvalue weighted by Gasteiger charge is -2.08. The zero-order chi connectivity index (χ0) is 10.8. The van der Waals surface area contributed by atoms with E-state index in [2.05, 4.69) is 11.4 Å². The number of amidine groups is 1. The highest BCUT2D eigenvalue weighted by molar-refractivity contribution is 14.0. The maximum atomic E-state index is 7.52. The molecule has 0 saturated heterocycles. The van der Waals surface area contributed by atoms with E-state index < -0.39 is 0 Å². The van der Waals surface area contributed by atoms with Crippen LogP contribution in [0.5, 0.6) is 0 Å². The van der Waals surface area contributed by atoms with Gasteiger partial charge in [-0.15, -0.1) is 24.0 Å². The molecule has 0 heterocycles. The Labute approximate surface area is 122 Å². The number of benzene rings is 1. The minimum absolute atomic E-state index is 0. The van der Waals surface area contributed by atoms with Crippen molar-refractivity contribution in [3.63, 3.8) is 0 Å². The van der Waals surface area contributed by atoms with Crippen molar-refractivity contribution in [1.82, 2.24) is 0 Å². The number of thioether (sulfide) groups is 1. The van der Waals surface area contributed by atoms with Crippen molar-refractivity contribution in [2.24, 2.45) is 0 Å². The van der Waals surface area contributed by atoms with Crippen LogP contribution in [0.15, 0.2) is 18.2 Å². The minimum Gasteiger partial charge on any atom is -0.334 e. The monoisotopic (exact) mass is 368 g/mol. The molecular weight excluding hydrogens is 355 g/mol. The molecule has 0 bridgehead atoms. The Balaban J connectivity index is 0.00000128. The summed E-state index contributed by atoms with van der Waals surface area (Å²) in [4.78, 5) is 0.